The zero-order chi connectivity index (χ0) is 21.1. The minimum absolute atomic E-state index is 0. The molecule has 0 saturated heterocycles. The lowest BCUT2D eigenvalue weighted by molar-refractivity contribution is 0.285. The molecule has 0 amide bonds. The number of aromatic hydroxyl groups is 1. The van der Waals surface area contributed by atoms with E-state index in [1.165, 1.54) is 19.5 Å². The van der Waals surface area contributed by atoms with Crippen molar-refractivity contribution in [2.45, 2.75) is 6.61 Å². The van der Waals surface area contributed by atoms with Crippen LogP contribution in [0.2, 0.25) is 5.02 Å². The first-order valence-corrected chi connectivity index (χ1v) is 9.37. The Morgan fingerprint density at radius 1 is 1.06 bits per heavy atom. The number of methoxy groups -OCH3 is 1. The van der Waals surface area contributed by atoms with E-state index in [9.17, 15) is 9.50 Å². The van der Waals surface area contributed by atoms with E-state index in [2.05, 4.69) is 15.3 Å². The van der Waals surface area contributed by atoms with Gasteiger partial charge in [-0.3, -0.25) is 0 Å². The maximum atomic E-state index is 14.2. The van der Waals surface area contributed by atoms with Crippen molar-refractivity contribution in [3.8, 4) is 17.2 Å². The molecular weight excluding hydrogens is 444 g/mol. The Kier molecular flexibility index (Phi) is 6.99. The number of ether oxygens (including phenoxy) is 2. The van der Waals surface area contributed by atoms with E-state index < -0.39 is 5.82 Å². The number of benzene rings is 3. The van der Waals surface area contributed by atoms with Crippen LogP contribution in [-0.2, 0) is 6.61 Å². The highest BCUT2D eigenvalue weighted by Crippen LogP contribution is 2.36. The summed E-state index contributed by atoms with van der Waals surface area (Å²) in [5.41, 5.74) is 1.62. The number of hydrogen-bond donors (Lipinski definition) is 2. The second-order valence-electron chi connectivity index (χ2n) is 6.43. The molecule has 0 spiro atoms. The summed E-state index contributed by atoms with van der Waals surface area (Å²) in [6, 6.07) is 15.4. The molecular formula is C22H18Cl2FN3O3. The van der Waals surface area contributed by atoms with Crippen LogP contribution >= 0.6 is 24.0 Å². The van der Waals surface area contributed by atoms with Gasteiger partial charge in [0.2, 0.25) is 0 Å². The predicted octanol–water partition coefficient (Wildman–Crippen LogP) is 5.88. The average Bonchev–Trinajstić information content (AvgIpc) is 2.76. The van der Waals surface area contributed by atoms with Crippen molar-refractivity contribution < 1.29 is 19.0 Å². The number of anilines is 2. The number of phenolic OH excluding ortho intramolecular Hbond substituents is 1. The molecule has 0 atom stereocenters. The molecule has 0 unspecified atom stereocenters. The molecule has 1 aromatic heterocycles. The molecule has 0 radical (unpaired) electrons. The molecule has 2 N–H and O–H groups in total. The highest BCUT2D eigenvalue weighted by Gasteiger charge is 2.14. The molecule has 160 valence electrons. The first kappa shape index (κ1) is 22.4. The summed E-state index contributed by atoms with van der Waals surface area (Å²) < 4.78 is 25.6. The average molecular weight is 462 g/mol. The molecule has 3 aromatic carbocycles. The minimum Gasteiger partial charge on any atom is -0.506 e. The SMILES string of the molecule is COc1cc2c(Nc3cc(O)c(Cl)cc3F)ncnc2cc1OCc1ccccc1.Cl. The Labute approximate surface area is 189 Å². The van der Waals surface area contributed by atoms with Crippen LogP contribution in [-0.4, -0.2) is 22.2 Å². The quantitative estimate of drug-likeness (QED) is 0.373. The summed E-state index contributed by atoms with van der Waals surface area (Å²) >= 11 is 5.74. The van der Waals surface area contributed by atoms with Gasteiger partial charge < -0.3 is 19.9 Å². The molecule has 9 heteroatoms. The summed E-state index contributed by atoms with van der Waals surface area (Å²) in [5.74, 6) is 0.477. The van der Waals surface area contributed by atoms with Gasteiger partial charge in [0, 0.05) is 17.5 Å². The van der Waals surface area contributed by atoms with Crippen LogP contribution in [0.1, 0.15) is 5.56 Å². The largest absolute Gasteiger partial charge is 0.506 e. The van der Waals surface area contributed by atoms with Crippen LogP contribution in [0, 0.1) is 5.82 Å². The number of halogens is 3. The van der Waals surface area contributed by atoms with Crippen LogP contribution in [0.25, 0.3) is 10.9 Å². The molecule has 0 fully saturated rings. The van der Waals surface area contributed by atoms with Gasteiger partial charge in [-0.05, 0) is 17.7 Å². The number of phenols is 1. The number of nitrogens with one attached hydrogen (secondary N) is 1. The zero-order valence-electron chi connectivity index (χ0n) is 16.3. The summed E-state index contributed by atoms with van der Waals surface area (Å²) in [4.78, 5) is 8.47. The first-order chi connectivity index (χ1) is 14.5. The molecule has 4 rings (SSSR count). The van der Waals surface area contributed by atoms with Gasteiger partial charge in [0.1, 0.15) is 30.3 Å². The lowest BCUT2D eigenvalue weighted by Gasteiger charge is -2.14. The second kappa shape index (κ2) is 9.68. The summed E-state index contributed by atoms with van der Waals surface area (Å²) in [6.07, 6.45) is 1.35. The highest BCUT2D eigenvalue weighted by molar-refractivity contribution is 6.32. The monoisotopic (exact) mass is 461 g/mol. The Bertz CT molecular complexity index is 1210. The standard InChI is InChI=1S/C22H17ClFN3O3.ClH/c1-29-20-7-14-17(10-21(20)30-11-13-5-3-2-4-6-13)25-12-26-22(14)27-18-9-19(28)15(23)8-16(18)24;/h2-10,12,28H,11H2,1H3,(H,25,26,27);1H. The first-order valence-electron chi connectivity index (χ1n) is 8.99. The van der Waals surface area contributed by atoms with Gasteiger partial charge in [-0.1, -0.05) is 41.9 Å². The highest BCUT2D eigenvalue weighted by atomic mass is 35.5. The molecule has 1 heterocycles. The van der Waals surface area contributed by atoms with Crippen molar-refractivity contribution in [3.63, 3.8) is 0 Å². The third kappa shape index (κ3) is 4.90. The molecule has 0 aliphatic rings. The van der Waals surface area contributed by atoms with Gasteiger partial charge in [-0.15, -0.1) is 12.4 Å². The van der Waals surface area contributed by atoms with E-state index in [1.54, 1.807) is 12.1 Å². The minimum atomic E-state index is -0.626. The van der Waals surface area contributed by atoms with Gasteiger partial charge in [0.25, 0.3) is 0 Å². The Hall–Kier alpha value is -3.29. The van der Waals surface area contributed by atoms with Crippen molar-refractivity contribution >= 4 is 46.4 Å². The molecule has 0 aliphatic heterocycles. The molecule has 0 aliphatic carbocycles. The lowest BCUT2D eigenvalue weighted by atomic mass is 10.2. The van der Waals surface area contributed by atoms with Crippen LogP contribution in [0.5, 0.6) is 17.2 Å². The van der Waals surface area contributed by atoms with Crippen LogP contribution in [0.15, 0.2) is 60.9 Å². The second-order valence-corrected chi connectivity index (χ2v) is 6.83. The number of fused-ring (bicyclic) bond motifs is 1. The van der Waals surface area contributed by atoms with Gasteiger partial charge in [0.15, 0.2) is 11.5 Å². The van der Waals surface area contributed by atoms with E-state index in [4.69, 9.17) is 21.1 Å². The van der Waals surface area contributed by atoms with E-state index in [-0.39, 0.29) is 28.9 Å². The van der Waals surface area contributed by atoms with Gasteiger partial charge in [-0.25, -0.2) is 14.4 Å². The van der Waals surface area contributed by atoms with Crippen molar-refractivity contribution in [2.24, 2.45) is 0 Å². The van der Waals surface area contributed by atoms with E-state index >= 15 is 0 Å². The van der Waals surface area contributed by atoms with E-state index in [0.717, 1.165) is 11.6 Å². The Balaban J connectivity index is 0.00000272. The smallest absolute Gasteiger partial charge is 0.163 e. The number of hydrogen-bond acceptors (Lipinski definition) is 6. The molecule has 0 bridgehead atoms. The van der Waals surface area contributed by atoms with Gasteiger partial charge in [-0.2, -0.15) is 0 Å². The fraction of sp³-hybridized carbons (Fsp3) is 0.0909. The van der Waals surface area contributed by atoms with Gasteiger partial charge in [0.05, 0.1) is 23.3 Å². The van der Waals surface area contributed by atoms with E-state index in [0.29, 0.717) is 34.8 Å². The Morgan fingerprint density at radius 2 is 1.84 bits per heavy atom. The third-order valence-corrected chi connectivity index (χ3v) is 4.75. The maximum Gasteiger partial charge on any atom is 0.163 e. The summed E-state index contributed by atoms with van der Waals surface area (Å²) in [7, 11) is 1.53. The van der Waals surface area contributed by atoms with Crippen molar-refractivity contribution in [1.29, 1.82) is 0 Å². The van der Waals surface area contributed by atoms with Crippen LogP contribution in [0.3, 0.4) is 0 Å². The van der Waals surface area contributed by atoms with Crippen molar-refractivity contribution in [3.05, 3.63) is 77.3 Å². The van der Waals surface area contributed by atoms with Crippen molar-refractivity contribution in [2.75, 3.05) is 12.4 Å². The molecule has 6 nitrogen and oxygen atoms in total. The lowest BCUT2D eigenvalue weighted by Crippen LogP contribution is -2.01. The molecule has 0 saturated carbocycles. The number of aromatic nitrogens is 2. The molecule has 4 aromatic rings. The fourth-order valence-electron chi connectivity index (χ4n) is 2.93. The zero-order valence-corrected chi connectivity index (χ0v) is 17.9. The predicted molar refractivity (Wildman–Crippen MR) is 120 cm³/mol. The van der Waals surface area contributed by atoms with Crippen LogP contribution in [0.4, 0.5) is 15.9 Å². The number of nitrogens with zero attached hydrogens (tertiary/aromatic N) is 2. The van der Waals surface area contributed by atoms with Gasteiger partial charge >= 0.3 is 0 Å². The number of rotatable bonds is 6. The third-order valence-electron chi connectivity index (χ3n) is 4.45. The maximum absolute atomic E-state index is 14.2. The Morgan fingerprint density at radius 3 is 2.58 bits per heavy atom. The van der Waals surface area contributed by atoms with Crippen LogP contribution < -0.4 is 14.8 Å². The van der Waals surface area contributed by atoms with Crippen molar-refractivity contribution in [1.82, 2.24) is 9.97 Å². The summed E-state index contributed by atoms with van der Waals surface area (Å²) in [5, 5.41) is 13.2. The normalized spacial score (nSPS) is 10.4. The summed E-state index contributed by atoms with van der Waals surface area (Å²) in [6.45, 7) is 0.369. The fourth-order valence-corrected chi connectivity index (χ4v) is 3.08. The van der Waals surface area contributed by atoms with E-state index in [1.807, 2.05) is 30.3 Å². The molecule has 31 heavy (non-hydrogen) atoms. The topological polar surface area (TPSA) is 76.5 Å².